The molecule has 2 aromatic carbocycles. The molecular weight excluding hydrogens is 251 g/mol. The van der Waals surface area contributed by atoms with Gasteiger partial charge in [0.2, 0.25) is 0 Å². The largest absolute Gasteiger partial charge is 0.294 e. The number of hydrogen-bond donors (Lipinski definition) is 0. The highest BCUT2D eigenvalue weighted by Crippen LogP contribution is 2.07. The summed E-state index contributed by atoms with van der Waals surface area (Å²) in [7, 11) is 0. The molecule has 1 nitrogen and oxygen atoms in total. The molecule has 0 aliphatic carbocycles. The Morgan fingerprint density at radius 2 is 1.70 bits per heavy atom. The molecule has 0 aliphatic heterocycles. The molecule has 98 valence electrons. The normalized spacial score (nSPS) is 10.6. The van der Waals surface area contributed by atoms with Gasteiger partial charge in [0.1, 0.15) is 5.82 Å². The maximum absolute atomic E-state index is 12.8. The van der Waals surface area contributed by atoms with Crippen molar-refractivity contribution in [2.75, 3.05) is 0 Å². The maximum Gasteiger partial charge on any atom is 0.168 e. The molecule has 0 bridgehead atoms. The highest BCUT2D eigenvalue weighted by atomic mass is 19.1. The lowest BCUT2D eigenvalue weighted by Crippen LogP contribution is -1.93. The Morgan fingerprint density at radius 1 is 1.05 bits per heavy atom. The van der Waals surface area contributed by atoms with Gasteiger partial charge < -0.3 is 0 Å². The van der Waals surface area contributed by atoms with Gasteiger partial charge in [0.05, 0.1) is 5.57 Å². The summed E-state index contributed by atoms with van der Waals surface area (Å²) in [6.07, 6.45) is 1.75. The number of rotatable bonds is 2. The van der Waals surface area contributed by atoms with Gasteiger partial charge in [-0.25, -0.2) is 4.39 Å². The van der Waals surface area contributed by atoms with Crippen LogP contribution in [-0.2, 0) is 4.79 Å². The fourth-order valence-corrected chi connectivity index (χ4v) is 1.61. The van der Waals surface area contributed by atoms with Gasteiger partial charge >= 0.3 is 0 Å². The lowest BCUT2D eigenvalue weighted by Gasteiger charge is -1.95. The fraction of sp³-hybridized carbons (Fsp3) is 0.0556. The molecule has 0 atom stereocenters. The minimum atomic E-state index is -0.304. The summed E-state index contributed by atoms with van der Waals surface area (Å²) < 4.78 is 12.8. The lowest BCUT2D eigenvalue weighted by molar-refractivity contribution is -0.113. The zero-order valence-corrected chi connectivity index (χ0v) is 11.1. The van der Waals surface area contributed by atoms with Crippen molar-refractivity contribution < 1.29 is 9.18 Å². The van der Waals surface area contributed by atoms with Crippen LogP contribution in [0.4, 0.5) is 4.39 Å². The number of Topliss-reactive ketones (excluding diaryl/α,β-unsaturated/α-hetero) is 1. The molecule has 0 heterocycles. The van der Waals surface area contributed by atoms with Crippen molar-refractivity contribution in [3.05, 3.63) is 77.1 Å². The van der Waals surface area contributed by atoms with E-state index in [0.29, 0.717) is 11.1 Å². The van der Waals surface area contributed by atoms with E-state index in [1.807, 2.05) is 30.3 Å². The third-order valence-corrected chi connectivity index (χ3v) is 2.68. The number of halogens is 1. The Bertz CT molecular complexity index is 686. The number of hydrogen-bond acceptors (Lipinski definition) is 1. The molecule has 0 unspecified atom stereocenters. The average molecular weight is 264 g/mol. The molecule has 0 fully saturated rings. The van der Waals surface area contributed by atoms with Crippen molar-refractivity contribution in [1.29, 1.82) is 0 Å². The van der Waals surface area contributed by atoms with E-state index in [1.165, 1.54) is 19.1 Å². The first kappa shape index (κ1) is 13.8. The zero-order chi connectivity index (χ0) is 14.4. The number of benzene rings is 2. The third-order valence-electron chi connectivity index (χ3n) is 2.68. The van der Waals surface area contributed by atoms with Crippen LogP contribution in [0.2, 0.25) is 0 Å². The van der Waals surface area contributed by atoms with Crippen molar-refractivity contribution in [3.63, 3.8) is 0 Å². The number of carbonyl (C=O) groups is 1. The first-order valence-electron chi connectivity index (χ1n) is 6.20. The van der Waals surface area contributed by atoms with Gasteiger partial charge in [-0.15, -0.1) is 0 Å². The minimum Gasteiger partial charge on any atom is -0.294 e. The Kier molecular flexibility index (Phi) is 4.47. The summed E-state index contributed by atoms with van der Waals surface area (Å²) in [5, 5.41) is 0. The van der Waals surface area contributed by atoms with E-state index in [4.69, 9.17) is 0 Å². The molecule has 2 heteroatoms. The summed E-state index contributed by atoms with van der Waals surface area (Å²) in [6, 6.07) is 15.4. The second-order valence-electron chi connectivity index (χ2n) is 4.28. The monoisotopic (exact) mass is 264 g/mol. The summed E-state index contributed by atoms with van der Waals surface area (Å²) in [5.41, 5.74) is 2.03. The molecule has 2 rings (SSSR count). The second kappa shape index (κ2) is 6.49. The smallest absolute Gasteiger partial charge is 0.168 e. The average Bonchev–Trinajstić information content (AvgIpc) is 2.46. The molecule has 0 spiro atoms. The predicted molar refractivity (Wildman–Crippen MR) is 78.4 cm³/mol. The Morgan fingerprint density at radius 3 is 2.30 bits per heavy atom. The van der Waals surface area contributed by atoms with E-state index in [-0.39, 0.29) is 11.6 Å². The van der Waals surface area contributed by atoms with E-state index >= 15 is 0 Å². The summed E-state index contributed by atoms with van der Waals surface area (Å²) >= 11 is 0. The van der Waals surface area contributed by atoms with Crippen molar-refractivity contribution in [2.45, 2.75) is 6.92 Å². The molecule has 0 amide bonds. The number of ketones is 1. The van der Waals surface area contributed by atoms with Gasteiger partial charge in [-0.1, -0.05) is 42.2 Å². The molecule has 0 aliphatic rings. The number of carbonyl (C=O) groups excluding carboxylic acids is 1. The van der Waals surface area contributed by atoms with E-state index in [9.17, 15) is 9.18 Å². The quantitative estimate of drug-likeness (QED) is 0.595. The standard InChI is InChI=1S/C18H13FO/c1-14(20)17(13-16-5-3-2-4-6-16)10-7-15-8-11-18(19)12-9-15/h2-6,8-9,11-13H,1H3. The predicted octanol–water partition coefficient (Wildman–Crippen LogP) is 3.85. The van der Waals surface area contributed by atoms with Crippen LogP contribution in [0.5, 0.6) is 0 Å². The van der Waals surface area contributed by atoms with Gasteiger partial charge in [-0.05, 0) is 42.8 Å². The Labute approximate surface area is 117 Å². The van der Waals surface area contributed by atoms with Gasteiger partial charge in [-0.3, -0.25) is 4.79 Å². The fourth-order valence-electron chi connectivity index (χ4n) is 1.61. The van der Waals surface area contributed by atoms with Gasteiger partial charge in [0.25, 0.3) is 0 Å². The third kappa shape index (κ3) is 3.93. The minimum absolute atomic E-state index is 0.0940. The van der Waals surface area contributed by atoms with E-state index in [0.717, 1.165) is 5.56 Å². The van der Waals surface area contributed by atoms with E-state index in [2.05, 4.69) is 11.8 Å². The lowest BCUT2D eigenvalue weighted by atomic mass is 10.1. The molecular formula is C18H13FO. The van der Waals surface area contributed by atoms with Crippen LogP contribution in [0.3, 0.4) is 0 Å². The van der Waals surface area contributed by atoms with Crippen LogP contribution in [0.15, 0.2) is 60.2 Å². The molecule has 0 saturated carbocycles. The first-order valence-corrected chi connectivity index (χ1v) is 6.20. The molecule has 0 N–H and O–H groups in total. The van der Waals surface area contributed by atoms with Crippen molar-refractivity contribution >= 4 is 11.9 Å². The molecule has 20 heavy (non-hydrogen) atoms. The SMILES string of the molecule is CC(=O)C(C#Cc1ccc(F)cc1)=Cc1ccccc1. The molecule has 0 radical (unpaired) electrons. The Balaban J connectivity index is 2.30. The number of allylic oxidation sites excluding steroid dienone is 1. The van der Waals surface area contributed by atoms with Crippen LogP contribution >= 0.6 is 0 Å². The van der Waals surface area contributed by atoms with E-state index in [1.54, 1.807) is 18.2 Å². The van der Waals surface area contributed by atoms with Gasteiger partial charge in [-0.2, -0.15) is 0 Å². The highest BCUT2D eigenvalue weighted by molar-refractivity contribution is 6.02. The van der Waals surface area contributed by atoms with Crippen LogP contribution in [0, 0.1) is 17.7 Å². The van der Waals surface area contributed by atoms with Crippen LogP contribution in [0.25, 0.3) is 6.08 Å². The maximum atomic E-state index is 12.8. The highest BCUT2D eigenvalue weighted by Gasteiger charge is 2.00. The van der Waals surface area contributed by atoms with E-state index < -0.39 is 0 Å². The topological polar surface area (TPSA) is 17.1 Å². The van der Waals surface area contributed by atoms with Crippen LogP contribution < -0.4 is 0 Å². The zero-order valence-electron chi connectivity index (χ0n) is 11.1. The van der Waals surface area contributed by atoms with Crippen molar-refractivity contribution in [1.82, 2.24) is 0 Å². The van der Waals surface area contributed by atoms with Crippen molar-refractivity contribution in [2.24, 2.45) is 0 Å². The van der Waals surface area contributed by atoms with Gasteiger partial charge in [0.15, 0.2) is 5.78 Å². The Hall–Kier alpha value is -2.66. The molecule has 2 aromatic rings. The summed E-state index contributed by atoms with van der Waals surface area (Å²) in [5.74, 6) is 5.31. The van der Waals surface area contributed by atoms with Gasteiger partial charge in [0, 0.05) is 5.56 Å². The molecule has 0 saturated heterocycles. The summed E-state index contributed by atoms with van der Waals surface area (Å²) in [6.45, 7) is 1.48. The van der Waals surface area contributed by atoms with Crippen LogP contribution in [0.1, 0.15) is 18.1 Å². The molecule has 0 aromatic heterocycles. The summed E-state index contributed by atoms with van der Waals surface area (Å²) in [4.78, 5) is 11.6. The van der Waals surface area contributed by atoms with Crippen molar-refractivity contribution in [3.8, 4) is 11.8 Å². The second-order valence-corrected chi connectivity index (χ2v) is 4.28. The first-order chi connectivity index (χ1) is 9.65. The van der Waals surface area contributed by atoms with Crippen LogP contribution in [-0.4, -0.2) is 5.78 Å².